The number of carbonyl (C=O) groups is 4. The highest BCUT2D eigenvalue weighted by Gasteiger charge is 2.27. The van der Waals surface area contributed by atoms with Gasteiger partial charge in [-0.25, -0.2) is 0 Å². The zero-order chi connectivity index (χ0) is 22.4. The second-order valence-electron chi connectivity index (χ2n) is 7.14. The third-order valence-electron chi connectivity index (χ3n) is 4.84. The lowest BCUT2D eigenvalue weighted by Gasteiger charge is -2.25. The van der Waals surface area contributed by atoms with Gasteiger partial charge in [0.1, 0.15) is 24.1 Å². The summed E-state index contributed by atoms with van der Waals surface area (Å²) < 4.78 is 11.0. The lowest BCUT2D eigenvalue weighted by molar-refractivity contribution is -0.124. The van der Waals surface area contributed by atoms with Crippen molar-refractivity contribution in [2.45, 2.75) is 45.3 Å². The van der Waals surface area contributed by atoms with Crippen molar-refractivity contribution in [1.29, 1.82) is 0 Å². The van der Waals surface area contributed by atoms with Gasteiger partial charge in [-0.2, -0.15) is 0 Å². The molecule has 2 aliphatic heterocycles. The van der Waals surface area contributed by atoms with Crippen molar-refractivity contribution in [3.05, 3.63) is 47.5 Å². The molecule has 0 bridgehead atoms. The van der Waals surface area contributed by atoms with Crippen LogP contribution < -0.4 is 20.1 Å². The van der Waals surface area contributed by atoms with E-state index in [9.17, 15) is 19.2 Å². The average Bonchev–Trinajstić information content (AvgIpc) is 2.79. The number of hydrogen-bond acceptors (Lipinski definition) is 6. The van der Waals surface area contributed by atoms with Crippen LogP contribution in [0.3, 0.4) is 0 Å². The first-order chi connectivity index (χ1) is 15.0. The molecule has 2 aliphatic rings. The fraction of sp³-hybridized carbons (Fsp3) is 0.304. The SMILES string of the molecule is CCC1Oc2ccc(C=O)cc2NC1=O.CCCC1Oc2ccc(C=O)cc2NC1=O. The van der Waals surface area contributed by atoms with E-state index in [2.05, 4.69) is 10.6 Å². The van der Waals surface area contributed by atoms with Gasteiger partial charge in [0.25, 0.3) is 11.8 Å². The fourth-order valence-corrected chi connectivity index (χ4v) is 3.20. The smallest absolute Gasteiger partial charge is 0.265 e. The van der Waals surface area contributed by atoms with Gasteiger partial charge in [-0.1, -0.05) is 20.3 Å². The maximum absolute atomic E-state index is 11.6. The molecule has 2 heterocycles. The molecule has 8 heteroatoms. The molecule has 8 nitrogen and oxygen atoms in total. The van der Waals surface area contributed by atoms with Crippen LogP contribution in [-0.4, -0.2) is 36.6 Å². The Kier molecular flexibility index (Phi) is 7.02. The van der Waals surface area contributed by atoms with Crippen molar-refractivity contribution < 1.29 is 28.7 Å². The molecule has 0 fully saturated rings. The number of amides is 2. The Morgan fingerprint density at radius 3 is 1.74 bits per heavy atom. The number of rotatable bonds is 5. The molecule has 0 aliphatic carbocycles. The Hall–Kier alpha value is -3.68. The van der Waals surface area contributed by atoms with Crippen molar-refractivity contribution >= 4 is 35.8 Å². The number of nitrogens with one attached hydrogen (secondary N) is 2. The summed E-state index contributed by atoms with van der Waals surface area (Å²) in [4.78, 5) is 44.2. The first kappa shape index (κ1) is 22.0. The summed E-state index contributed by atoms with van der Waals surface area (Å²) in [6, 6.07) is 9.96. The van der Waals surface area contributed by atoms with Gasteiger partial charge < -0.3 is 20.1 Å². The summed E-state index contributed by atoms with van der Waals surface area (Å²) in [7, 11) is 0. The third-order valence-corrected chi connectivity index (χ3v) is 4.84. The molecule has 0 saturated heterocycles. The molecule has 0 aromatic heterocycles. The summed E-state index contributed by atoms with van der Waals surface area (Å²) in [6.45, 7) is 3.89. The van der Waals surface area contributed by atoms with E-state index in [4.69, 9.17) is 9.47 Å². The summed E-state index contributed by atoms with van der Waals surface area (Å²) >= 11 is 0. The Morgan fingerprint density at radius 2 is 1.29 bits per heavy atom. The van der Waals surface area contributed by atoms with E-state index >= 15 is 0 Å². The molecule has 2 amide bonds. The number of anilines is 2. The van der Waals surface area contributed by atoms with Gasteiger partial charge in [0, 0.05) is 11.1 Å². The topological polar surface area (TPSA) is 111 Å². The Bertz CT molecular complexity index is 1000. The summed E-state index contributed by atoms with van der Waals surface area (Å²) in [5.41, 5.74) is 2.18. The fourth-order valence-electron chi connectivity index (χ4n) is 3.20. The standard InChI is InChI=1S/C12H13NO3.C11H11NO3/c1-2-3-11-12(15)13-9-6-8(7-14)4-5-10(9)16-11;1-2-9-11(14)12-8-5-7(6-13)3-4-10(8)15-9/h4-7,11H,2-3H2,1H3,(H,13,15);3-6,9H,2H2,1H3,(H,12,14). The highest BCUT2D eigenvalue weighted by Crippen LogP contribution is 2.31. The molecular formula is C23H24N2O6. The number of fused-ring (bicyclic) bond motifs is 2. The molecule has 2 aromatic rings. The number of benzene rings is 2. The summed E-state index contributed by atoms with van der Waals surface area (Å²) in [5.74, 6) is 0.946. The minimum atomic E-state index is -0.431. The zero-order valence-corrected chi connectivity index (χ0v) is 17.3. The molecule has 0 spiro atoms. The number of aldehydes is 2. The molecule has 2 unspecified atom stereocenters. The van der Waals surface area contributed by atoms with Crippen LogP contribution in [-0.2, 0) is 9.59 Å². The first-order valence-electron chi connectivity index (χ1n) is 10.1. The van der Waals surface area contributed by atoms with Crippen LogP contribution in [0, 0.1) is 0 Å². The molecule has 0 radical (unpaired) electrons. The van der Waals surface area contributed by atoms with Crippen molar-refractivity contribution in [3.8, 4) is 11.5 Å². The molecule has 4 rings (SSSR count). The van der Waals surface area contributed by atoms with Crippen LogP contribution in [0.15, 0.2) is 36.4 Å². The second-order valence-corrected chi connectivity index (χ2v) is 7.14. The Balaban J connectivity index is 0.000000176. The van der Waals surface area contributed by atoms with Crippen LogP contribution >= 0.6 is 0 Å². The predicted octanol–water partition coefficient (Wildman–Crippen LogP) is 3.61. The Morgan fingerprint density at radius 1 is 0.806 bits per heavy atom. The molecule has 31 heavy (non-hydrogen) atoms. The number of carbonyl (C=O) groups excluding carboxylic acids is 4. The molecule has 2 atom stereocenters. The molecule has 162 valence electrons. The number of ether oxygens (including phenoxy) is 2. The van der Waals surface area contributed by atoms with E-state index in [0.717, 1.165) is 19.0 Å². The molecular weight excluding hydrogens is 400 g/mol. The average molecular weight is 424 g/mol. The van der Waals surface area contributed by atoms with E-state index in [1.54, 1.807) is 36.4 Å². The van der Waals surface area contributed by atoms with Gasteiger partial charge in [0.2, 0.25) is 0 Å². The summed E-state index contributed by atoms with van der Waals surface area (Å²) in [5, 5.41) is 5.46. The van der Waals surface area contributed by atoms with E-state index in [1.807, 2.05) is 13.8 Å². The van der Waals surface area contributed by atoms with E-state index in [1.165, 1.54) is 0 Å². The van der Waals surface area contributed by atoms with Gasteiger partial charge in [0.15, 0.2) is 12.2 Å². The predicted molar refractivity (Wildman–Crippen MR) is 115 cm³/mol. The van der Waals surface area contributed by atoms with Gasteiger partial charge in [-0.15, -0.1) is 0 Å². The normalized spacial score (nSPS) is 18.5. The lowest BCUT2D eigenvalue weighted by Crippen LogP contribution is -2.36. The van der Waals surface area contributed by atoms with Gasteiger partial charge >= 0.3 is 0 Å². The van der Waals surface area contributed by atoms with E-state index < -0.39 is 12.2 Å². The van der Waals surface area contributed by atoms with Crippen molar-refractivity contribution in [3.63, 3.8) is 0 Å². The van der Waals surface area contributed by atoms with Crippen LogP contribution in [0.2, 0.25) is 0 Å². The van der Waals surface area contributed by atoms with Gasteiger partial charge in [-0.3, -0.25) is 19.2 Å². The molecule has 2 aromatic carbocycles. The maximum Gasteiger partial charge on any atom is 0.265 e. The quantitative estimate of drug-likeness (QED) is 0.710. The van der Waals surface area contributed by atoms with Crippen molar-refractivity contribution in [2.24, 2.45) is 0 Å². The number of hydrogen-bond donors (Lipinski definition) is 2. The van der Waals surface area contributed by atoms with Crippen LogP contribution in [0.4, 0.5) is 11.4 Å². The van der Waals surface area contributed by atoms with Gasteiger partial charge in [-0.05, 0) is 49.2 Å². The summed E-state index contributed by atoms with van der Waals surface area (Å²) in [6.07, 6.45) is 2.84. The van der Waals surface area contributed by atoms with E-state index in [-0.39, 0.29) is 11.8 Å². The second kappa shape index (κ2) is 9.88. The minimum Gasteiger partial charge on any atom is -0.478 e. The monoisotopic (exact) mass is 424 g/mol. The lowest BCUT2D eigenvalue weighted by atomic mass is 10.1. The third kappa shape index (κ3) is 5.09. The zero-order valence-electron chi connectivity index (χ0n) is 17.3. The van der Waals surface area contributed by atoms with Crippen LogP contribution in [0.1, 0.15) is 53.8 Å². The highest BCUT2D eigenvalue weighted by molar-refractivity contribution is 5.99. The maximum atomic E-state index is 11.6. The van der Waals surface area contributed by atoms with E-state index in [0.29, 0.717) is 46.8 Å². The first-order valence-corrected chi connectivity index (χ1v) is 10.1. The Labute approximate surface area is 179 Å². The molecule has 0 saturated carbocycles. The van der Waals surface area contributed by atoms with Crippen molar-refractivity contribution in [2.75, 3.05) is 10.6 Å². The molecule has 2 N–H and O–H groups in total. The largest absolute Gasteiger partial charge is 0.478 e. The van der Waals surface area contributed by atoms with Crippen LogP contribution in [0.5, 0.6) is 11.5 Å². The van der Waals surface area contributed by atoms with Crippen molar-refractivity contribution in [1.82, 2.24) is 0 Å². The highest BCUT2D eigenvalue weighted by atomic mass is 16.5. The van der Waals surface area contributed by atoms with Gasteiger partial charge in [0.05, 0.1) is 11.4 Å². The van der Waals surface area contributed by atoms with Crippen LogP contribution in [0.25, 0.3) is 0 Å². The minimum absolute atomic E-state index is 0.141.